The highest BCUT2D eigenvalue weighted by atomic mass is 79.9. The summed E-state index contributed by atoms with van der Waals surface area (Å²) in [4.78, 5) is 0.252. The highest BCUT2D eigenvalue weighted by molar-refractivity contribution is 9.10. The van der Waals surface area contributed by atoms with E-state index < -0.39 is 10.0 Å². The van der Waals surface area contributed by atoms with Gasteiger partial charge in [-0.15, -0.1) is 0 Å². The molecule has 0 aliphatic carbocycles. The van der Waals surface area contributed by atoms with Crippen LogP contribution in [-0.4, -0.2) is 37.5 Å². The van der Waals surface area contributed by atoms with E-state index in [1.807, 2.05) is 13.8 Å². The number of aryl methyl sites for hydroxylation is 1. The van der Waals surface area contributed by atoms with E-state index in [4.69, 9.17) is 5.11 Å². The first-order valence-corrected chi connectivity index (χ1v) is 8.54. The summed E-state index contributed by atoms with van der Waals surface area (Å²) in [6.45, 7) is 4.30. The van der Waals surface area contributed by atoms with Crippen LogP contribution in [-0.2, 0) is 10.0 Å². The standard InChI is InChI=1S/C13H20BrNO3S/c1-3-4-7-15(8-9-16)19(17,18)13-6-5-11(2)10-12(13)14/h5-6,10,16H,3-4,7-9H2,1-2H3. The molecule has 0 fully saturated rings. The van der Waals surface area contributed by atoms with Gasteiger partial charge in [0, 0.05) is 17.6 Å². The van der Waals surface area contributed by atoms with Crippen LogP contribution in [0.5, 0.6) is 0 Å². The number of hydrogen-bond donors (Lipinski definition) is 1. The van der Waals surface area contributed by atoms with Gasteiger partial charge in [-0.1, -0.05) is 19.4 Å². The molecule has 0 atom stereocenters. The zero-order valence-corrected chi connectivity index (χ0v) is 13.7. The summed E-state index contributed by atoms with van der Waals surface area (Å²) >= 11 is 3.30. The van der Waals surface area contributed by atoms with Gasteiger partial charge in [-0.05, 0) is 47.0 Å². The molecule has 108 valence electrons. The third-order valence-electron chi connectivity index (χ3n) is 2.82. The van der Waals surface area contributed by atoms with Crippen molar-refractivity contribution in [2.24, 2.45) is 0 Å². The number of aliphatic hydroxyl groups excluding tert-OH is 1. The fourth-order valence-electron chi connectivity index (χ4n) is 1.75. The molecule has 19 heavy (non-hydrogen) atoms. The Morgan fingerprint density at radius 3 is 2.53 bits per heavy atom. The minimum Gasteiger partial charge on any atom is -0.395 e. The number of rotatable bonds is 7. The van der Waals surface area contributed by atoms with Crippen LogP contribution in [0, 0.1) is 6.92 Å². The first-order valence-electron chi connectivity index (χ1n) is 6.30. The minimum absolute atomic E-state index is 0.128. The fourth-order valence-corrected chi connectivity index (χ4v) is 4.37. The Labute approximate surface area is 123 Å². The van der Waals surface area contributed by atoms with E-state index in [1.165, 1.54) is 4.31 Å². The molecule has 0 aliphatic heterocycles. The topological polar surface area (TPSA) is 57.6 Å². The van der Waals surface area contributed by atoms with Crippen LogP contribution in [0.25, 0.3) is 0 Å². The fraction of sp³-hybridized carbons (Fsp3) is 0.538. The van der Waals surface area contributed by atoms with Crippen LogP contribution >= 0.6 is 15.9 Å². The predicted molar refractivity (Wildman–Crippen MR) is 79.6 cm³/mol. The van der Waals surface area contributed by atoms with Gasteiger partial charge in [-0.25, -0.2) is 8.42 Å². The summed E-state index contributed by atoms with van der Waals surface area (Å²) in [6.07, 6.45) is 1.69. The summed E-state index contributed by atoms with van der Waals surface area (Å²) < 4.78 is 27.0. The maximum absolute atomic E-state index is 12.5. The molecule has 0 saturated heterocycles. The Morgan fingerprint density at radius 2 is 2.00 bits per heavy atom. The average Bonchev–Trinajstić information content (AvgIpc) is 2.33. The molecular weight excluding hydrogens is 330 g/mol. The average molecular weight is 350 g/mol. The zero-order valence-electron chi connectivity index (χ0n) is 11.3. The van der Waals surface area contributed by atoms with Crippen LogP contribution < -0.4 is 0 Å². The Morgan fingerprint density at radius 1 is 1.32 bits per heavy atom. The third kappa shape index (κ3) is 4.27. The van der Waals surface area contributed by atoms with Gasteiger partial charge in [-0.2, -0.15) is 4.31 Å². The van der Waals surface area contributed by atoms with Gasteiger partial charge < -0.3 is 5.11 Å². The van der Waals surface area contributed by atoms with E-state index in [2.05, 4.69) is 15.9 Å². The molecule has 0 heterocycles. The van der Waals surface area contributed by atoms with E-state index in [0.717, 1.165) is 18.4 Å². The minimum atomic E-state index is -3.56. The zero-order chi connectivity index (χ0) is 14.5. The summed E-state index contributed by atoms with van der Waals surface area (Å²) in [5.74, 6) is 0. The van der Waals surface area contributed by atoms with Gasteiger partial charge in [0.2, 0.25) is 10.0 Å². The molecular formula is C13H20BrNO3S. The van der Waals surface area contributed by atoms with Crippen LogP contribution in [0.1, 0.15) is 25.3 Å². The number of aliphatic hydroxyl groups is 1. The van der Waals surface area contributed by atoms with Gasteiger partial charge in [0.25, 0.3) is 0 Å². The van der Waals surface area contributed by atoms with E-state index in [-0.39, 0.29) is 18.0 Å². The molecule has 0 amide bonds. The van der Waals surface area contributed by atoms with Crippen molar-refractivity contribution in [2.45, 2.75) is 31.6 Å². The Bertz CT molecular complexity index is 517. The Hall–Kier alpha value is -0.430. The van der Waals surface area contributed by atoms with Gasteiger partial charge >= 0.3 is 0 Å². The van der Waals surface area contributed by atoms with Crippen molar-refractivity contribution in [2.75, 3.05) is 19.7 Å². The Balaban J connectivity index is 3.11. The van der Waals surface area contributed by atoms with E-state index in [0.29, 0.717) is 11.0 Å². The van der Waals surface area contributed by atoms with Crippen molar-refractivity contribution in [3.63, 3.8) is 0 Å². The third-order valence-corrected chi connectivity index (χ3v) is 5.69. The smallest absolute Gasteiger partial charge is 0.244 e. The van der Waals surface area contributed by atoms with Gasteiger partial charge in [0.05, 0.1) is 11.5 Å². The number of halogens is 1. The largest absolute Gasteiger partial charge is 0.395 e. The van der Waals surface area contributed by atoms with E-state index in [9.17, 15) is 8.42 Å². The van der Waals surface area contributed by atoms with Crippen molar-refractivity contribution in [3.05, 3.63) is 28.2 Å². The molecule has 6 heteroatoms. The number of nitrogens with zero attached hydrogens (tertiary/aromatic N) is 1. The van der Waals surface area contributed by atoms with Crippen molar-refractivity contribution in [3.8, 4) is 0 Å². The molecule has 1 rings (SSSR count). The summed E-state index contributed by atoms with van der Waals surface area (Å²) in [5.41, 5.74) is 0.994. The molecule has 0 unspecified atom stereocenters. The molecule has 0 saturated carbocycles. The molecule has 0 aromatic heterocycles. The maximum Gasteiger partial charge on any atom is 0.244 e. The lowest BCUT2D eigenvalue weighted by molar-refractivity contribution is 0.252. The van der Waals surface area contributed by atoms with Crippen LogP contribution in [0.4, 0.5) is 0 Å². The monoisotopic (exact) mass is 349 g/mol. The molecule has 0 bridgehead atoms. The number of benzene rings is 1. The summed E-state index contributed by atoms with van der Waals surface area (Å²) in [7, 11) is -3.56. The van der Waals surface area contributed by atoms with Crippen LogP contribution in [0.2, 0.25) is 0 Å². The molecule has 0 spiro atoms. The van der Waals surface area contributed by atoms with E-state index in [1.54, 1.807) is 18.2 Å². The Kier molecular flexibility index (Phi) is 6.46. The highest BCUT2D eigenvalue weighted by Gasteiger charge is 2.25. The van der Waals surface area contributed by atoms with Gasteiger partial charge in [0.1, 0.15) is 0 Å². The quantitative estimate of drug-likeness (QED) is 0.822. The number of unbranched alkanes of at least 4 members (excludes halogenated alkanes) is 1. The molecule has 1 N–H and O–H groups in total. The second-order valence-corrected chi connectivity index (χ2v) is 7.18. The first-order chi connectivity index (χ1) is 8.93. The lowest BCUT2D eigenvalue weighted by Gasteiger charge is -2.21. The molecule has 1 aromatic carbocycles. The molecule has 4 nitrogen and oxygen atoms in total. The van der Waals surface area contributed by atoms with Crippen molar-refractivity contribution >= 4 is 26.0 Å². The molecule has 0 aliphatic rings. The van der Waals surface area contributed by atoms with Crippen LogP contribution in [0.15, 0.2) is 27.6 Å². The second-order valence-electron chi connectivity index (χ2n) is 4.42. The normalized spacial score (nSPS) is 12.1. The summed E-state index contributed by atoms with van der Waals surface area (Å²) in [5, 5.41) is 9.04. The molecule has 0 radical (unpaired) electrons. The highest BCUT2D eigenvalue weighted by Crippen LogP contribution is 2.26. The number of hydrogen-bond acceptors (Lipinski definition) is 3. The lowest BCUT2D eigenvalue weighted by Crippen LogP contribution is -2.34. The predicted octanol–water partition coefficient (Wildman–Crippen LogP) is 2.54. The van der Waals surface area contributed by atoms with Gasteiger partial charge in [-0.3, -0.25) is 0 Å². The lowest BCUT2D eigenvalue weighted by atomic mass is 10.2. The van der Waals surface area contributed by atoms with Crippen molar-refractivity contribution in [1.29, 1.82) is 0 Å². The second kappa shape index (κ2) is 7.38. The first kappa shape index (κ1) is 16.6. The SMILES string of the molecule is CCCCN(CCO)S(=O)(=O)c1ccc(C)cc1Br. The van der Waals surface area contributed by atoms with Crippen molar-refractivity contribution < 1.29 is 13.5 Å². The maximum atomic E-state index is 12.5. The molecule has 1 aromatic rings. The number of sulfonamides is 1. The van der Waals surface area contributed by atoms with Gasteiger partial charge in [0.15, 0.2) is 0 Å². The van der Waals surface area contributed by atoms with E-state index >= 15 is 0 Å². The van der Waals surface area contributed by atoms with Crippen molar-refractivity contribution in [1.82, 2.24) is 4.31 Å². The summed E-state index contributed by atoms with van der Waals surface area (Å²) in [6, 6.07) is 5.16. The van der Waals surface area contributed by atoms with Crippen LogP contribution in [0.3, 0.4) is 0 Å².